The minimum atomic E-state index is -0.272. The number of ether oxygens (including phenoxy) is 2. The Balaban J connectivity index is 2.19. The van der Waals surface area contributed by atoms with Crippen molar-refractivity contribution in [1.82, 2.24) is 0 Å². The Morgan fingerprint density at radius 1 is 1.10 bits per heavy atom. The van der Waals surface area contributed by atoms with Gasteiger partial charge >= 0.3 is 0 Å². The fraction of sp³-hybridized carbons (Fsp3) is 0.250. The molecule has 1 atom stereocenters. The first-order chi connectivity index (χ1) is 9.78. The lowest BCUT2D eigenvalue weighted by atomic mass is 10.1. The predicted octanol–water partition coefficient (Wildman–Crippen LogP) is 2.27. The van der Waals surface area contributed by atoms with Gasteiger partial charge in [0.05, 0.1) is 13.7 Å². The number of hydrogen-bond acceptors (Lipinski definition) is 4. The Kier molecular flexibility index (Phi) is 4.98. The van der Waals surface area contributed by atoms with Crippen molar-refractivity contribution in [2.75, 3.05) is 13.7 Å². The summed E-state index contributed by atoms with van der Waals surface area (Å²) in [6, 6.07) is 15.0. The van der Waals surface area contributed by atoms with Crippen LogP contribution in [0.2, 0.25) is 0 Å². The zero-order chi connectivity index (χ0) is 14.4. The number of aliphatic hydroxyl groups excluding tert-OH is 1. The van der Waals surface area contributed by atoms with Gasteiger partial charge in [0.2, 0.25) is 0 Å². The molecule has 3 N–H and O–H groups in total. The van der Waals surface area contributed by atoms with Crippen LogP contribution < -0.4 is 15.2 Å². The molecular weight excluding hydrogens is 254 g/mol. The molecule has 0 fully saturated rings. The molecule has 0 radical (unpaired) electrons. The topological polar surface area (TPSA) is 64.7 Å². The number of rotatable bonds is 6. The fourth-order valence-electron chi connectivity index (χ4n) is 2.01. The van der Waals surface area contributed by atoms with Crippen LogP contribution in [0, 0.1) is 0 Å². The van der Waals surface area contributed by atoms with Crippen LogP contribution >= 0.6 is 0 Å². The third kappa shape index (κ3) is 3.29. The second kappa shape index (κ2) is 6.93. The minimum Gasteiger partial charge on any atom is -0.496 e. The number of methoxy groups -OCH3 is 1. The molecule has 0 bridgehead atoms. The van der Waals surface area contributed by atoms with Gasteiger partial charge in [-0.2, -0.15) is 0 Å². The van der Waals surface area contributed by atoms with Gasteiger partial charge < -0.3 is 20.3 Å². The Hall–Kier alpha value is -2.04. The molecule has 2 rings (SSSR count). The molecule has 2 aromatic rings. The highest BCUT2D eigenvalue weighted by Crippen LogP contribution is 2.28. The zero-order valence-corrected chi connectivity index (χ0v) is 11.5. The van der Waals surface area contributed by atoms with E-state index in [1.807, 2.05) is 48.5 Å². The Morgan fingerprint density at radius 3 is 2.40 bits per heavy atom. The predicted molar refractivity (Wildman–Crippen MR) is 77.8 cm³/mol. The summed E-state index contributed by atoms with van der Waals surface area (Å²) in [5.41, 5.74) is 7.58. The van der Waals surface area contributed by atoms with E-state index >= 15 is 0 Å². The van der Waals surface area contributed by atoms with Crippen molar-refractivity contribution in [3.05, 3.63) is 59.7 Å². The Morgan fingerprint density at radius 2 is 1.80 bits per heavy atom. The summed E-state index contributed by atoms with van der Waals surface area (Å²) < 4.78 is 11.2. The highest BCUT2D eigenvalue weighted by molar-refractivity contribution is 5.36. The Labute approximate surface area is 118 Å². The maximum atomic E-state index is 9.03. The molecule has 0 spiro atoms. The second-order valence-electron chi connectivity index (χ2n) is 4.39. The van der Waals surface area contributed by atoms with Crippen molar-refractivity contribution in [3.63, 3.8) is 0 Å². The van der Waals surface area contributed by atoms with E-state index in [0.717, 1.165) is 16.9 Å². The van der Waals surface area contributed by atoms with Gasteiger partial charge in [-0.15, -0.1) is 0 Å². The average molecular weight is 273 g/mol. The number of benzene rings is 2. The van der Waals surface area contributed by atoms with Crippen LogP contribution in [0.25, 0.3) is 0 Å². The van der Waals surface area contributed by atoms with Crippen LogP contribution in [-0.2, 0) is 6.61 Å². The summed E-state index contributed by atoms with van der Waals surface area (Å²) in [5.74, 6) is 1.47. The molecule has 0 saturated heterocycles. The molecule has 106 valence electrons. The van der Waals surface area contributed by atoms with Crippen LogP contribution in [0.4, 0.5) is 0 Å². The van der Waals surface area contributed by atoms with Crippen LogP contribution in [0.3, 0.4) is 0 Å². The van der Waals surface area contributed by atoms with E-state index in [4.69, 9.17) is 20.3 Å². The van der Waals surface area contributed by atoms with E-state index in [-0.39, 0.29) is 12.7 Å². The number of para-hydroxylation sites is 1. The molecule has 0 aliphatic carbocycles. The van der Waals surface area contributed by atoms with Crippen LogP contribution in [0.1, 0.15) is 17.2 Å². The largest absolute Gasteiger partial charge is 0.496 e. The van der Waals surface area contributed by atoms with Gasteiger partial charge in [0.25, 0.3) is 0 Å². The van der Waals surface area contributed by atoms with E-state index in [0.29, 0.717) is 12.3 Å². The molecule has 0 aromatic heterocycles. The molecule has 4 nitrogen and oxygen atoms in total. The van der Waals surface area contributed by atoms with Gasteiger partial charge in [-0.1, -0.05) is 30.3 Å². The van der Waals surface area contributed by atoms with Crippen LogP contribution in [-0.4, -0.2) is 18.8 Å². The molecular formula is C16H19NO3. The molecule has 2 aromatic carbocycles. The zero-order valence-electron chi connectivity index (χ0n) is 11.5. The molecule has 0 saturated carbocycles. The van der Waals surface area contributed by atoms with Gasteiger partial charge in [-0.3, -0.25) is 0 Å². The summed E-state index contributed by atoms with van der Waals surface area (Å²) in [5, 5.41) is 9.03. The summed E-state index contributed by atoms with van der Waals surface area (Å²) in [4.78, 5) is 0. The molecule has 0 heterocycles. The summed E-state index contributed by atoms with van der Waals surface area (Å²) in [6.07, 6.45) is -0.272. The van der Waals surface area contributed by atoms with Crippen LogP contribution in [0.5, 0.6) is 11.5 Å². The van der Waals surface area contributed by atoms with Crippen molar-refractivity contribution in [2.24, 2.45) is 5.73 Å². The standard InChI is InChI=1S/C16H19NO3/c1-19-15-5-3-2-4-14(15)16(10-17)20-13-8-6-12(11-18)7-9-13/h2-9,16,18H,10-11,17H2,1H3. The lowest BCUT2D eigenvalue weighted by molar-refractivity contribution is 0.208. The quantitative estimate of drug-likeness (QED) is 0.847. The molecule has 1 unspecified atom stereocenters. The summed E-state index contributed by atoms with van der Waals surface area (Å²) in [7, 11) is 1.63. The van der Waals surface area contributed by atoms with Crippen molar-refractivity contribution in [1.29, 1.82) is 0 Å². The number of hydrogen-bond donors (Lipinski definition) is 2. The van der Waals surface area contributed by atoms with Crippen molar-refractivity contribution < 1.29 is 14.6 Å². The van der Waals surface area contributed by atoms with E-state index in [2.05, 4.69) is 0 Å². The first-order valence-corrected chi connectivity index (χ1v) is 6.48. The molecule has 0 aliphatic rings. The highest BCUT2D eigenvalue weighted by Gasteiger charge is 2.16. The molecule has 0 aliphatic heterocycles. The van der Waals surface area contributed by atoms with Crippen molar-refractivity contribution >= 4 is 0 Å². The fourth-order valence-corrected chi connectivity index (χ4v) is 2.01. The second-order valence-corrected chi connectivity index (χ2v) is 4.39. The van der Waals surface area contributed by atoms with Crippen LogP contribution in [0.15, 0.2) is 48.5 Å². The minimum absolute atomic E-state index is 0.0209. The number of aliphatic hydroxyl groups is 1. The maximum absolute atomic E-state index is 9.03. The first-order valence-electron chi connectivity index (χ1n) is 6.48. The molecule has 0 amide bonds. The SMILES string of the molecule is COc1ccccc1C(CN)Oc1ccc(CO)cc1. The third-order valence-corrected chi connectivity index (χ3v) is 3.08. The van der Waals surface area contributed by atoms with Gasteiger partial charge in [-0.25, -0.2) is 0 Å². The normalized spacial score (nSPS) is 11.9. The van der Waals surface area contributed by atoms with E-state index < -0.39 is 0 Å². The molecule has 4 heteroatoms. The molecule has 20 heavy (non-hydrogen) atoms. The maximum Gasteiger partial charge on any atom is 0.139 e. The van der Waals surface area contributed by atoms with Crippen molar-refractivity contribution in [2.45, 2.75) is 12.7 Å². The van der Waals surface area contributed by atoms with E-state index in [9.17, 15) is 0 Å². The summed E-state index contributed by atoms with van der Waals surface area (Å²) >= 11 is 0. The third-order valence-electron chi connectivity index (χ3n) is 3.08. The first kappa shape index (κ1) is 14.4. The van der Waals surface area contributed by atoms with Crippen molar-refractivity contribution in [3.8, 4) is 11.5 Å². The Bertz CT molecular complexity index is 540. The van der Waals surface area contributed by atoms with Gasteiger partial charge in [0.1, 0.15) is 17.6 Å². The summed E-state index contributed by atoms with van der Waals surface area (Å²) in [6.45, 7) is 0.370. The monoisotopic (exact) mass is 273 g/mol. The van der Waals surface area contributed by atoms with Gasteiger partial charge in [-0.05, 0) is 23.8 Å². The highest BCUT2D eigenvalue weighted by atomic mass is 16.5. The number of nitrogens with two attached hydrogens (primary N) is 1. The van der Waals surface area contributed by atoms with Gasteiger partial charge in [0, 0.05) is 12.1 Å². The van der Waals surface area contributed by atoms with E-state index in [1.165, 1.54) is 0 Å². The van der Waals surface area contributed by atoms with E-state index in [1.54, 1.807) is 7.11 Å². The lowest BCUT2D eigenvalue weighted by Gasteiger charge is -2.20. The lowest BCUT2D eigenvalue weighted by Crippen LogP contribution is -2.19. The smallest absolute Gasteiger partial charge is 0.139 e. The van der Waals surface area contributed by atoms with Gasteiger partial charge in [0.15, 0.2) is 0 Å². The average Bonchev–Trinajstić information content (AvgIpc) is 2.53.